The van der Waals surface area contributed by atoms with E-state index in [9.17, 15) is 14.4 Å². The van der Waals surface area contributed by atoms with Crippen LogP contribution >= 0.6 is 0 Å². The topological polar surface area (TPSA) is 66.9 Å². The number of esters is 1. The maximum absolute atomic E-state index is 12.8. The predicted molar refractivity (Wildman–Crippen MR) is 97.9 cm³/mol. The van der Waals surface area contributed by atoms with E-state index in [1.807, 2.05) is 12.1 Å². The molecule has 2 heterocycles. The summed E-state index contributed by atoms with van der Waals surface area (Å²) in [7, 11) is 0. The van der Waals surface area contributed by atoms with E-state index in [1.54, 1.807) is 28.9 Å². The first-order chi connectivity index (χ1) is 12.6. The number of likely N-dealkylation sites (tertiary alicyclic amines) is 1. The SMILES string of the molecule is CCOC(=O)[C@@H]1CCCN(C(=O)c2ccc(N3CCCCC3=O)cc2)C1. The second kappa shape index (κ2) is 8.34. The first kappa shape index (κ1) is 18.4. The molecular formula is C20H26N2O4. The molecule has 1 aromatic carbocycles. The molecule has 2 amide bonds. The highest BCUT2D eigenvalue weighted by molar-refractivity contribution is 5.97. The van der Waals surface area contributed by atoms with Gasteiger partial charge in [0.25, 0.3) is 5.91 Å². The lowest BCUT2D eigenvalue weighted by Crippen LogP contribution is -2.42. The molecule has 26 heavy (non-hydrogen) atoms. The average molecular weight is 358 g/mol. The third-order valence-electron chi connectivity index (χ3n) is 5.08. The summed E-state index contributed by atoms with van der Waals surface area (Å²) < 4.78 is 5.09. The van der Waals surface area contributed by atoms with Crippen LogP contribution < -0.4 is 4.90 Å². The fraction of sp³-hybridized carbons (Fsp3) is 0.550. The summed E-state index contributed by atoms with van der Waals surface area (Å²) >= 11 is 0. The number of ether oxygens (including phenoxy) is 1. The highest BCUT2D eigenvalue weighted by atomic mass is 16.5. The molecule has 6 nitrogen and oxygen atoms in total. The van der Waals surface area contributed by atoms with Crippen LogP contribution in [-0.2, 0) is 14.3 Å². The lowest BCUT2D eigenvalue weighted by molar-refractivity contribution is -0.149. The minimum atomic E-state index is -0.238. The van der Waals surface area contributed by atoms with E-state index in [-0.39, 0.29) is 23.7 Å². The summed E-state index contributed by atoms with van der Waals surface area (Å²) in [5, 5.41) is 0. The van der Waals surface area contributed by atoms with Gasteiger partial charge < -0.3 is 14.5 Å². The zero-order chi connectivity index (χ0) is 18.5. The van der Waals surface area contributed by atoms with E-state index in [0.717, 1.165) is 37.9 Å². The van der Waals surface area contributed by atoms with Crippen LogP contribution in [0, 0.1) is 5.92 Å². The van der Waals surface area contributed by atoms with Gasteiger partial charge in [0.05, 0.1) is 12.5 Å². The lowest BCUT2D eigenvalue weighted by atomic mass is 9.97. The fourth-order valence-corrected chi connectivity index (χ4v) is 3.66. The Balaban J connectivity index is 1.66. The smallest absolute Gasteiger partial charge is 0.310 e. The average Bonchev–Trinajstić information content (AvgIpc) is 2.68. The minimum absolute atomic E-state index is 0.0736. The number of amides is 2. The molecule has 2 fully saturated rings. The summed E-state index contributed by atoms with van der Waals surface area (Å²) in [5.41, 5.74) is 1.43. The molecule has 140 valence electrons. The molecule has 0 N–H and O–H groups in total. The largest absolute Gasteiger partial charge is 0.466 e. The summed E-state index contributed by atoms with van der Waals surface area (Å²) in [4.78, 5) is 40.3. The van der Waals surface area contributed by atoms with Gasteiger partial charge in [-0.25, -0.2) is 0 Å². The Labute approximate surface area is 154 Å². The van der Waals surface area contributed by atoms with Gasteiger partial charge in [-0.2, -0.15) is 0 Å². The number of piperidine rings is 2. The van der Waals surface area contributed by atoms with Crippen molar-refractivity contribution in [2.24, 2.45) is 5.92 Å². The molecule has 0 radical (unpaired) electrons. The molecule has 1 atom stereocenters. The van der Waals surface area contributed by atoms with Crippen LogP contribution in [0.3, 0.4) is 0 Å². The van der Waals surface area contributed by atoms with Crippen LogP contribution in [0.15, 0.2) is 24.3 Å². The van der Waals surface area contributed by atoms with Gasteiger partial charge in [0, 0.05) is 37.3 Å². The van der Waals surface area contributed by atoms with Crippen LogP contribution in [0.5, 0.6) is 0 Å². The minimum Gasteiger partial charge on any atom is -0.466 e. The summed E-state index contributed by atoms with van der Waals surface area (Å²) in [6.45, 7) is 3.95. The van der Waals surface area contributed by atoms with Gasteiger partial charge in [0.15, 0.2) is 0 Å². The molecule has 0 aromatic heterocycles. The number of carbonyl (C=O) groups excluding carboxylic acids is 3. The van der Waals surface area contributed by atoms with Gasteiger partial charge in [-0.05, 0) is 56.9 Å². The monoisotopic (exact) mass is 358 g/mol. The number of benzene rings is 1. The van der Waals surface area contributed by atoms with Crippen LogP contribution in [0.25, 0.3) is 0 Å². The van der Waals surface area contributed by atoms with E-state index in [4.69, 9.17) is 4.74 Å². The van der Waals surface area contributed by atoms with Crippen LogP contribution in [0.4, 0.5) is 5.69 Å². The molecule has 0 aliphatic carbocycles. The molecular weight excluding hydrogens is 332 g/mol. The summed E-state index contributed by atoms with van der Waals surface area (Å²) in [6.07, 6.45) is 4.11. The van der Waals surface area contributed by atoms with Crippen molar-refractivity contribution in [3.63, 3.8) is 0 Å². The van der Waals surface area contributed by atoms with Gasteiger partial charge in [-0.3, -0.25) is 14.4 Å². The Kier molecular flexibility index (Phi) is 5.91. The molecule has 2 aliphatic rings. The van der Waals surface area contributed by atoms with Gasteiger partial charge in [-0.1, -0.05) is 0 Å². The number of nitrogens with zero attached hydrogens (tertiary/aromatic N) is 2. The Hall–Kier alpha value is -2.37. The molecule has 0 spiro atoms. The van der Waals surface area contributed by atoms with Crippen molar-refractivity contribution < 1.29 is 19.1 Å². The third-order valence-corrected chi connectivity index (χ3v) is 5.08. The molecule has 2 saturated heterocycles. The Bertz CT molecular complexity index is 671. The van der Waals surface area contributed by atoms with Crippen LogP contribution in [0.2, 0.25) is 0 Å². The second-order valence-electron chi connectivity index (χ2n) is 6.89. The van der Waals surface area contributed by atoms with Crippen molar-refractivity contribution >= 4 is 23.5 Å². The predicted octanol–water partition coefficient (Wildman–Crippen LogP) is 2.62. The second-order valence-corrected chi connectivity index (χ2v) is 6.89. The van der Waals surface area contributed by atoms with E-state index < -0.39 is 0 Å². The summed E-state index contributed by atoms with van der Waals surface area (Å²) in [6, 6.07) is 7.22. The molecule has 0 saturated carbocycles. The van der Waals surface area contributed by atoms with Crippen molar-refractivity contribution in [3.05, 3.63) is 29.8 Å². The summed E-state index contributed by atoms with van der Waals surface area (Å²) in [5.74, 6) is -0.388. The standard InChI is InChI=1S/C20H26N2O4/c1-2-26-20(25)16-6-5-12-21(14-16)19(24)15-8-10-17(11-9-15)22-13-4-3-7-18(22)23/h8-11,16H,2-7,12-14H2,1H3/t16-/m1/s1. The molecule has 0 bridgehead atoms. The van der Waals surface area contributed by atoms with Crippen LogP contribution in [0.1, 0.15) is 49.4 Å². The van der Waals surface area contributed by atoms with Crippen molar-refractivity contribution in [2.45, 2.75) is 39.0 Å². The Morgan fingerprint density at radius 1 is 1.12 bits per heavy atom. The molecule has 0 unspecified atom stereocenters. The number of carbonyl (C=O) groups is 3. The first-order valence-electron chi connectivity index (χ1n) is 9.46. The maximum atomic E-state index is 12.8. The van der Waals surface area contributed by atoms with Gasteiger partial charge in [-0.15, -0.1) is 0 Å². The number of rotatable bonds is 4. The van der Waals surface area contributed by atoms with Crippen LogP contribution in [-0.4, -0.2) is 48.9 Å². The van der Waals surface area contributed by atoms with E-state index >= 15 is 0 Å². The zero-order valence-corrected chi connectivity index (χ0v) is 15.3. The number of hydrogen-bond donors (Lipinski definition) is 0. The number of hydrogen-bond acceptors (Lipinski definition) is 4. The van der Waals surface area contributed by atoms with Crippen molar-refractivity contribution in [1.82, 2.24) is 4.90 Å². The van der Waals surface area contributed by atoms with E-state index in [1.165, 1.54) is 0 Å². The van der Waals surface area contributed by atoms with Gasteiger partial charge >= 0.3 is 5.97 Å². The Morgan fingerprint density at radius 2 is 1.88 bits per heavy atom. The lowest BCUT2D eigenvalue weighted by Gasteiger charge is -2.32. The molecule has 6 heteroatoms. The van der Waals surface area contributed by atoms with Crippen molar-refractivity contribution in [3.8, 4) is 0 Å². The molecule has 1 aromatic rings. The third kappa shape index (κ3) is 4.06. The van der Waals surface area contributed by atoms with Gasteiger partial charge in [0.1, 0.15) is 0 Å². The first-order valence-corrected chi connectivity index (χ1v) is 9.46. The molecule has 3 rings (SSSR count). The fourth-order valence-electron chi connectivity index (χ4n) is 3.66. The van der Waals surface area contributed by atoms with Crippen molar-refractivity contribution in [2.75, 3.05) is 31.1 Å². The molecule has 2 aliphatic heterocycles. The number of anilines is 1. The van der Waals surface area contributed by atoms with Gasteiger partial charge in [0.2, 0.25) is 5.91 Å². The van der Waals surface area contributed by atoms with E-state index in [2.05, 4.69) is 0 Å². The van der Waals surface area contributed by atoms with E-state index in [0.29, 0.717) is 31.7 Å². The quantitative estimate of drug-likeness (QED) is 0.776. The Morgan fingerprint density at radius 3 is 2.58 bits per heavy atom. The highest BCUT2D eigenvalue weighted by Crippen LogP contribution is 2.23. The normalized spacial score (nSPS) is 20.8. The maximum Gasteiger partial charge on any atom is 0.310 e. The highest BCUT2D eigenvalue weighted by Gasteiger charge is 2.30. The zero-order valence-electron chi connectivity index (χ0n) is 15.3. The van der Waals surface area contributed by atoms with Crippen molar-refractivity contribution in [1.29, 1.82) is 0 Å².